The Morgan fingerprint density at radius 2 is 1.83 bits per heavy atom. The number of para-hydroxylation sites is 1. The molecule has 35 heavy (non-hydrogen) atoms. The Kier molecular flexibility index (Phi) is 7.21. The Balaban J connectivity index is 1.68. The summed E-state index contributed by atoms with van der Waals surface area (Å²) in [5.41, 5.74) is 2.29. The maximum absolute atomic E-state index is 13.2. The molecule has 4 rings (SSSR count). The minimum Gasteiger partial charge on any atom is -0.493 e. The van der Waals surface area contributed by atoms with Crippen molar-refractivity contribution in [1.82, 2.24) is 15.2 Å². The van der Waals surface area contributed by atoms with E-state index in [0.29, 0.717) is 22.8 Å². The standard InChI is InChI=1S/C27H27N3O5/c1-4-30-17-19(21-9-5-6-10-23(21)30)14-22(27(32)28-16-20-8-7-13-35-20)29-26(31)18-11-12-24(33-2)25(15-18)34-3/h5-15,17H,4,16H2,1-3H3,(H,28,32)(H,29,31). The lowest BCUT2D eigenvalue weighted by atomic mass is 10.1. The third-order valence-electron chi connectivity index (χ3n) is 5.60. The van der Waals surface area contributed by atoms with Crippen LogP contribution in [-0.4, -0.2) is 30.6 Å². The quantitative estimate of drug-likeness (QED) is 0.352. The van der Waals surface area contributed by atoms with Crippen LogP contribution >= 0.6 is 0 Å². The summed E-state index contributed by atoms with van der Waals surface area (Å²) < 4.78 is 18.0. The summed E-state index contributed by atoms with van der Waals surface area (Å²) in [6.07, 6.45) is 5.19. The van der Waals surface area contributed by atoms with Crippen LogP contribution in [0, 0.1) is 0 Å². The van der Waals surface area contributed by atoms with Gasteiger partial charge < -0.3 is 29.1 Å². The van der Waals surface area contributed by atoms with Gasteiger partial charge in [0.15, 0.2) is 11.5 Å². The second-order valence-electron chi connectivity index (χ2n) is 7.73. The molecule has 0 atom stereocenters. The van der Waals surface area contributed by atoms with E-state index in [1.54, 1.807) is 36.4 Å². The molecular formula is C27H27N3O5. The Hall–Kier alpha value is -4.46. The van der Waals surface area contributed by atoms with Gasteiger partial charge in [-0.05, 0) is 49.4 Å². The molecule has 0 fully saturated rings. The first-order chi connectivity index (χ1) is 17.0. The first-order valence-corrected chi connectivity index (χ1v) is 11.2. The van der Waals surface area contributed by atoms with Gasteiger partial charge >= 0.3 is 0 Å². The highest BCUT2D eigenvalue weighted by atomic mass is 16.5. The number of rotatable bonds is 9. The molecule has 2 amide bonds. The van der Waals surface area contributed by atoms with Gasteiger partial charge in [0.2, 0.25) is 0 Å². The molecule has 2 N–H and O–H groups in total. The van der Waals surface area contributed by atoms with Gasteiger partial charge in [-0.3, -0.25) is 9.59 Å². The molecule has 0 bridgehead atoms. The van der Waals surface area contributed by atoms with Gasteiger partial charge in [0.1, 0.15) is 11.5 Å². The zero-order chi connectivity index (χ0) is 24.8. The molecule has 0 saturated heterocycles. The van der Waals surface area contributed by atoms with Crippen LogP contribution in [0.25, 0.3) is 17.0 Å². The van der Waals surface area contributed by atoms with E-state index in [1.165, 1.54) is 20.5 Å². The maximum atomic E-state index is 13.2. The fourth-order valence-electron chi connectivity index (χ4n) is 3.81. The highest BCUT2D eigenvalue weighted by Gasteiger charge is 2.18. The van der Waals surface area contributed by atoms with E-state index < -0.39 is 11.8 Å². The summed E-state index contributed by atoms with van der Waals surface area (Å²) in [6, 6.07) is 16.3. The Bertz CT molecular complexity index is 1370. The van der Waals surface area contributed by atoms with Gasteiger partial charge in [-0.2, -0.15) is 0 Å². The molecule has 0 aliphatic rings. The van der Waals surface area contributed by atoms with Crippen LogP contribution in [0.5, 0.6) is 11.5 Å². The Labute approximate surface area is 203 Å². The fraction of sp³-hybridized carbons (Fsp3) is 0.185. The lowest BCUT2D eigenvalue weighted by Crippen LogP contribution is -2.34. The Morgan fingerprint density at radius 3 is 2.54 bits per heavy atom. The molecule has 2 heterocycles. The SMILES string of the molecule is CCn1cc(C=C(NC(=O)c2ccc(OC)c(OC)c2)C(=O)NCc2ccco2)c2ccccc21. The average Bonchev–Trinajstić information content (AvgIpc) is 3.54. The third-order valence-corrected chi connectivity index (χ3v) is 5.60. The number of nitrogens with one attached hydrogen (secondary N) is 2. The number of ether oxygens (including phenoxy) is 2. The van der Waals surface area contributed by atoms with E-state index in [0.717, 1.165) is 23.0 Å². The average molecular weight is 474 g/mol. The summed E-state index contributed by atoms with van der Waals surface area (Å²) in [5, 5.41) is 6.55. The van der Waals surface area contributed by atoms with Gasteiger partial charge in [-0.15, -0.1) is 0 Å². The lowest BCUT2D eigenvalue weighted by molar-refractivity contribution is -0.118. The number of fused-ring (bicyclic) bond motifs is 1. The molecule has 180 valence electrons. The number of aryl methyl sites for hydroxylation is 1. The van der Waals surface area contributed by atoms with Crippen molar-refractivity contribution in [2.75, 3.05) is 14.2 Å². The van der Waals surface area contributed by atoms with Crippen LogP contribution in [0.1, 0.15) is 28.6 Å². The molecule has 4 aromatic rings. The predicted octanol–water partition coefficient (Wildman–Crippen LogP) is 4.36. The minimum atomic E-state index is -0.454. The van der Waals surface area contributed by atoms with Crippen LogP contribution in [-0.2, 0) is 17.9 Å². The summed E-state index contributed by atoms with van der Waals surface area (Å²) in [4.78, 5) is 26.3. The molecule has 0 saturated carbocycles. The zero-order valence-electron chi connectivity index (χ0n) is 19.8. The number of amides is 2. The van der Waals surface area contributed by atoms with Gasteiger partial charge in [-0.1, -0.05) is 18.2 Å². The van der Waals surface area contributed by atoms with E-state index in [4.69, 9.17) is 13.9 Å². The smallest absolute Gasteiger partial charge is 0.268 e. The van der Waals surface area contributed by atoms with Crippen LogP contribution in [0.3, 0.4) is 0 Å². The third kappa shape index (κ3) is 5.22. The molecule has 2 aromatic heterocycles. The normalized spacial score (nSPS) is 11.3. The summed E-state index contributed by atoms with van der Waals surface area (Å²) in [5.74, 6) is 0.627. The van der Waals surface area contributed by atoms with Crippen LogP contribution in [0.2, 0.25) is 0 Å². The number of furan rings is 1. The van der Waals surface area contributed by atoms with Crippen molar-refractivity contribution in [2.45, 2.75) is 20.0 Å². The molecule has 0 radical (unpaired) electrons. The molecule has 2 aromatic carbocycles. The second-order valence-corrected chi connectivity index (χ2v) is 7.73. The number of aromatic nitrogens is 1. The van der Waals surface area contributed by atoms with Crippen LogP contribution in [0.4, 0.5) is 0 Å². The van der Waals surface area contributed by atoms with Crippen molar-refractivity contribution in [1.29, 1.82) is 0 Å². The molecule has 0 unspecified atom stereocenters. The fourth-order valence-corrected chi connectivity index (χ4v) is 3.81. The van der Waals surface area contributed by atoms with E-state index in [-0.39, 0.29) is 12.2 Å². The van der Waals surface area contributed by atoms with E-state index >= 15 is 0 Å². The van der Waals surface area contributed by atoms with Gasteiger partial charge in [0.05, 0.1) is 27.0 Å². The van der Waals surface area contributed by atoms with Crippen molar-refractivity contribution in [3.63, 3.8) is 0 Å². The number of benzene rings is 2. The highest BCUT2D eigenvalue weighted by Crippen LogP contribution is 2.28. The number of hydrogen-bond donors (Lipinski definition) is 2. The van der Waals surface area contributed by atoms with Crippen LogP contribution < -0.4 is 20.1 Å². The number of carbonyl (C=O) groups is 2. The molecule has 8 heteroatoms. The number of carbonyl (C=O) groups excluding carboxylic acids is 2. The van der Waals surface area contributed by atoms with E-state index in [9.17, 15) is 9.59 Å². The second kappa shape index (κ2) is 10.6. The highest BCUT2D eigenvalue weighted by molar-refractivity contribution is 6.06. The number of methoxy groups -OCH3 is 2. The van der Waals surface area contributed by atoms with Crippen molar-refractivity contribution >= 4 is 28.8 Å². The number of nitrogens with zero attached hydrogens (tertiary/aromatic N) is 1. The van der Waals surface area contributed by atoms with Gasteiger partial charge in [-0.25, -0.2) is 0 Å². The Morgan fingerprint density at radius 1 is 1.03 bits per heavy atom. The van der Waals surface area contributed by atoms with E-state index in [2.05, 4.69) is 22.1 Å². The molecular weight excluding hydrogens is 446 g/mol. The molecule has 0 aliphatic carbocycles. The zero-order valence-corrected chi connectivity index (χ0v) is 19.8. The van der Waals surface area contributed by atoms with Crippen molar-refractivity contribution in [2.24, 2.45) is 0 Å². The summed E-state index contributed by atoms with van der Waals surface area (Å²) >= 11 is 0. The summed E-state index contributed by atoms with van der Waals surface area (Å²) in [6.45, 7) is 3.01. The van der Waals surface area contributed by atoms with Crippen LogP contribution in [0.15, 0.2) is 77.2 Å². The largest absolute Gasteiger partial charge is 0.493 e. The lowest BCUT2D eigenvalue weighted by Gasteiger charge is -2.12. The molecule has 0 spiro atoms. The monoisotopic (exact) mass is 473 g/mol. The van der Waals surface area contributed by atoms with E-state index in [1.807, 2.05) is 30.5 Å². The predicted molar refractivity (Wildman–Crippen MR) is 133 cm³/mol. The molecule has 0 aliphatic heterocycles. The van der Waals surface area contributed by atoms with Gasteiger partial charge in [0, 0.05) is 34.8 Å². The topological polar surface area (TPSA) is 94.7 Å². The maximum Gasteiger partial charge on any atom is 0.268 e. The van der Waals surface area contributed by atoms with Crippen molar-refractivity contribution in [3.8, 4) is 11.5 Å². The molecule has 8 nitrogen and oxygen atoms in total. The minimum absolute atomic E-state index is 0.107. The van der Waals surface area contributed by atoms with Crippen molar-refractivity contribution in [3.05, 3.63) is 89.6 Å². The van der Waals surface area contributed by atoms with Gasteiger partial charge in [0.25, 0.3) is 11.8 Å². The first-order valence-electron chi connectivity index (χ1n) is 11.2. The van der Waals surface area contributed by atoms with Crippen molar-refractivity contribution < 1.29 is 23.5 Å². The first kappa shape index (κ1) is 23.7. The number of hydrogen-bond acceptors (Lipinski definition) is 5. The summed E-state index contributed by atoms with van der Waals surface area (Å²) in [7, 11) is 3.02.